The molecule has 0 amide bonds. The average molecular weight is 265 g/mol. The SMILES string of the molecule is CCC1CCCCN1c1nc(N)nc(C)c1[N+](=O)[O-]. The zero-order valence-corrected chi connectivity index (χ0v) is 11.3. The summed E-state index contributed by atoms with van der Waals surface area (Å²) in [6.07, 6.45) is 4.16. The second-order valence-electron chi connectivity index (χ2n) is 4.85. The van der Waals surface area contributed by atoms with Crippen molar-refractivity contribution in [3.8, 4) is 0 Å². The van der Waals surface area contributed by atoms with Gasteiger partial charge < -0.3 is 10.6 Å². The standard InChI is InChI=1S/C12H19N5O2/c1-3-9-6-4-5-7-16(9)11-10(17(18)19)8(2)14-12(13)15-11/h9H,3-7H2,1-2H3,(H2,13,14,15). The van der Waals surface area contributed by atoms with Crippen molar-refractivity contribution in [1.82, 2.24) is 9.97 Å². The number of rotatable bonds is 3. The van der Waals surface area contributed by atoms with Gasteiger partial charge in [0.1, 0.15) is 5.69 Å². The molecule has 1 unspecified atom stereocenters. The van der Waals surface area contributed by atoms with Gasteiger partial charge >= 0.3 is 5.69 Å². The van der Waals surface area contributed by atoms with Crippen LogP contribution in [-0.2, 0) is 0 Å². The maximum absolute atomic E-state index is 11.2. The molecule has 0 spiro atoms. The molecule has 104 valence electrons. The number of aryl methyl sites for hydroxylation is 1. The van der Waals surface area contributed by atoms with E-state index in [1.54, 1.807) is 6.92 Å². The fraction of sp³-hybridized carbons (Fsp3) is 0.667. The molecule has 0 aliphatic carbocycles. The fourth-order valence-corrected chi connectivity index (χ4v) is 2.69. The molecule has 2 N–H and O–H groups in total. The van der Waals surface area contributed by atoms with E-state index in [1.807, 2.05) is 4.90 Å². The summed E-state index contributed by atoms with van der Waals surface area (Å²) in [5, 5.41) is 11.2. The van der Waals surface area contributed by atoms with Crippen molar-refractivity contribution in [3.05, 3.63) is 15.8 Å². The van der Waals surface area contributed by atoms with E-state index in [1.165, 1.54) is 0 Å². The van der Waals surface area contributed by atoms with Crippen LogP contribution in [0.25, 0.3) is 0 Å². The van der Waals surface area contributed by atoms with Crippen molar-refractivity contribution in [3.63, 3.8) is 0 Å². The van der Waals surface area contributed by atoms with Crippen molar-refractivity contribution < 1.29 is 4.92 Å². The number of piperidine rings is 1. The molecule has 7 heteroatoms. The molecular formula is C12H19N5O2. The molecule has 2 rings (SSSR count). The summed E-state index contributed by atoms with van der Waals surface area (Å²) >= 11 is 0. The van der Waals surface area contributed by atoms with Crippen LogP contribution in [0.4, 0.5) is 17.5 Å². The summed E-state index contributed by atoms with van der Waals surface area (Å²) in [6.45, 7) is 4.48. The van der Waals surface area contributed by atoms with Gasteiger partial charge in [-0.1, -0.05) is 6.92 Å². The Morgan fingerprint density at radius 2 is 2.21 bits per heavy atom. The van der Waals surface area contributed by atoms with Crippen LogP contribution in [0.5, 0.6) is 0 Å². The molecule has 1 atom stereocenters. The second-order valence-corrected chi connectivity index (χ2v) is 4.85. The Morgan fingerprint density at radius 3 is 2.84 bits per heavy atom. The second kappa shape index (κ2) is 5.38. The highest BCUT2D eigenvalue weighted by molar-refractivity contribution is 5.62. The minimum atomic E-state index is -0.411. The fourth-order valence-electron chi connectivity index (χ4n) is 2.69. The van der Waals surface area contributed by atoms with Gasteiger partial charge in [0.2, 0.25) is 11.8 Å². The van der Waals surface area contributed by atoms with Gasteiger partial charge in [0.05, 0.1) is 4.92 Å². The number of hydrogen-bond donors (Lipinski definition) is 1. The van der Waals surface area contributed by atoms with Crippen molar-refractivity contribution in [1.29, 1.82) is 0 Å². The Hall–Kier alpha value is -1.92. The van der Waals surface area contributed by atoms with Gasteiger partial charge in [-0.2, -0.15) is 4.98 Å². The maximum atomic E-state index is 11.2. The third kappa shape index (κ3) is 2.59. The normalized spacial score (nSPS) is 19.5. The number of nitrogens with two attached hydrogens (primary N) is 1. The van der Waals surface area contributed by atoms with Crippen molar-refractivity contribution in [2.75, 3.05) is 17.2 Å². The van der Waals surface area contributed by atoms with Gasteiger partial charge in [-0.25, -0.2) is 4.98 Å². The summed E-state index contributed by atoms with van der Waals surface area (Å²) < 4.78 is 0. The van der Waals surface area contributed by atoms with Crippen molar-refractivity contribution in [2.24, 2.45) is 0 Å². The van der Waals surface area contributed by atoms with Crippen LogP contribution < -0.4 is 10.6 Å². The van der Waals surface area contributed by atoms with E-state index in [2.05, 4.69) is 16.9 Å². The topological polar surface area (TPSA) is 98.2 Å². The number of nitrogen functional groups attached to an aromatic ring is 1. The lowest BCUT2D eigenvalue weighted by molar-refractivity contribution is -0.385. The number of hydrogen-bond acceptors (Lipinski definition) is 6. The predicted octanol–water partition coefficient (Wildman–Crippen LogP) is 2.04. The van der Waals surface area contributed by atoms with E-state index in [9.17, 15) is 10.1 Å². The van der Waals surface area contributed by atoms with Crippen molar-refractivity contribution in [2.45, 2.75) is 45.6 Å². The van der Waals surface area contributed by atoms with Gasteiger partial charge in [-0.05, 0) is 32.6 Å². The molecule has 2 heterocycles. The molecule has 7 nitrogen and oxygen atoms in total. The molecule has 0 aromatic carbocycles. The van der Waals surface area contributed by atoms with E-state index in [-0.39, 0.29) is 11.6 Å². The highest BCUT2D eigenvalue weighted by atomic mass is 16.6. The third-order valence-corrected chi connectivity index (χ3v) is 3.61. The van der Waals surface area contributed by atoms with Crippen LogP contribution in [0.15, 0.2) is 0 Å². The van der Waals surface area contributed by atoms with E-state index in [0.29, 0.717) is 17.6 Å². The Kier molecular flexibility index (Phi) is 3.82. The Labute approximate surface area is 112 Å². The van der Waals surface area contributed by atoms with Crippen LogP contribution in [0.2, 0.25) is 0 Å². The predicted molar refractivity (Wildman–Crippen MR) is 73.1 cm³/mol. The molecule has 0 bridgehead atoms. The summed E-state index contributed by atoms with van der Waals surface area (Å²) in [5.41, 5.74) is 5.96. The first-order valence-corrected chi connectivity index (χ1v) is 6.59. The Morgan fingerprint density at radius 1 is 1.47 bits per heavy atom. The molecule has 19 heavy (non-hydrogen) atoms. The Bertz CT molecular complexity index is 491. The molecular weight excluding hydrogens is 246 g/mol. The lowest BCUT2D eigenvalue weighted by Crippen LogP contribution is -2.40. The minimum absolute atomic E-state index is 0.0189. The lowest BCUT2D eigenvalue weighted by atomic mass is 10.00. The molecule has 0 radical (unpaired) electrons. The minimum Gasteiger partial charge on any atom is -0.368 e. The summed E-state index contributed by atoms with van der Waals surface area (Å²) in [7, 11) is 0. The molecule has 1 aliphatic rings. The summed E-state index contributed by atoms with van der Waals surface area (Å²) in [4.78, 5) is 20.9. The summed E-state index contributed by atoms with van der Waals surface area (Å²) in [6, 6.07) is 0.293. The number of nitro groups is 1. The number of anilines is 2. The van der Waals surface area contributed by atoms with Crippen LogP contribution in [0.3, 0.4) is 0 Å². The molecule has 1 fully saturated rings. The zero-order valence-electron chi connectivity index (χ0n) is 11.3. The smallest absolute Gasteiger partial charge is 0.332 e. The van der Waals surface area contributed by atoms with Gasteiger partial charge in [0.25, 0.3) is 0 Å². The molecule has 0 saturated carbocycles. The van der Waals surface area contributed by atoms with Crippen LogP contribution >= 0.6 is 0 Å². The van der Waals surface area contributed by atoms with E-state index in [4.69, 9.17) is 5.73 Å². The molecule has 1 aromatic rings. The zero-order chi connectivity index (χ0) is 14.0. The van der Waals surface area contributed by atoms with Gasteiger partial charge in [0, 0.05) is 12.6 Å². The first kappa shape index (κ1) is 13.5. The highest BCUT2D eigenvalue weighted by Crippen LogP contribution is 2.34. The van der Waals surface area contributed by atoms with Crippen LogP contribution in [0, 0.1) is 17.0 Å². The van der Waals surface area contributed by atoms with Crippen LogP contribution in [-0.4, -0.2) is 27.5 Å². The average Bonchev–Trinajstić information content (AvgIpc) is 2.37. The van der Waals surface area contributed by atoms with Gasteiger partial charge in [-0.3, -0.25) is 10.1 Å². The van der Waals surface area contributed by atoms with Crippen LogP contribution in [0.1, 0.15) is 38.3 Å². The quantitative estimate of drug-likeness (QED) is 0.663. The molecule has 1 aromatic heterocycles. The van der Waals surface area contributed by atoms with E-state index < -0.39 is 4.92 Å². The number of aromatic nitrogens is 2. The van der Waals surface area contributed by atoms with Gasteiger partial charge in [-0.15, -0.1) is 0 Å². The van der Waals surface area contributed by atoms with E-state index >= 15 is 0 Å². The lowest BCUT2D eigenvalue weighted by Gasteiger charge is -2.35. The largest absolute Gasteiger partial charge is 0.368 e. The monoisotopic (exact) mass is 265 g/mol. The summed E-state index contributed by atoms with van der Waals surface area (Å²) in [5.74, 6) is 0.472. The first-order valence-electron chi connectivity index (χ1n) is 6.59. The van der Waals surface area contributed by atoms with Crippen molar-refractivity contribution >= 4 is 17.5 Å². The number of nitrogens with zero attached hydrogens (tertiary/aromatic N) is 4. The molecule has 1 saturated heterocycles. The highest BCUT2D eigenvalue weighted by Gasteiger charge is 2.31. The Balaban J connectivity index is 2.50. The van der Waals surface area contributed by atoms with Gasteiger partial charge in [0.15, 0.2) is 0 Å². The van der Waals surface area contributed by atoms with E-state index in [0.717, 1.165) is 32.2 Å². The maximum Gasteiger partial charge on any atom is 0.332 e. The molecule has 1 aliphatic heterocycles. The third-order valence-electron chi connectivity index (χ3n) is 3.61. The first-order chi connectivity index (χ1) is 9.04.